The zero-order valence-electron chi connectivity index (χ0n) is 25.8. The van der Waals surface area contributed by atoms with E-state index in [1.165, 1.54) is 4.90 Å². The third kappa shape index (κ3) is 8.14. The lowest BCUT2D eigenvalue weighted by Crippen LogP contribution is -2.54. The summed E-state index contributed by atoms with van der Waals surface area (Å²) in [7, 11) is -4.15. The van der Waals surface area contributed by atoms with Gasteiger partial charge in [0.05, 0.1) is 10.6 Å². The van der Waals surface area contributed by atoms with Crippen LogP contribution in [0.15, 0.2) is 65.6 Å². The summed E-state index contributed by atoms with van der Waals surface area (Å²) < 4.78 is 29.4. The minimum Gasteiger partial charge on any atom is -0.352 e. The Balaban J connectivity index is 1.74. The smallest absolute Gasteiger partial charge is 0.264 e. The van der Waals surface area contributed by atoms with Gasteiger partial charge in [-0.2, -0.15) is 0 Å². The normalized spacial score (nSPS) is 14.6. The second kappa shape index (κ2) is 14.8. The molecule has 1 atom stereocenters. The minimum atomic E-state index is -4.15. The number of halogens is 2. The molecule has 1 aliphatic carbocycles. The van der Waals surface area contributed by atoms with Gasteiger partial charge in [0.25, 0.3) is 10.0 Å². The maximum absolute atomic E-state index is 14.4. The van der Waals surface area contributed by atoms with Gasteiger partial charge in [-0.3, -0.25) is 13.9 Å². The van der Waals surface area contributed by atoms with Crippen molar-refractivity contribution in [2.24, 2.45) is 0 Å². The molecular weight excluding hydrogens is 617 g/mol. The maximum atomic E-state index is 14.4. The van der Waals surface area contributed by atoms with Gasteiger partial charge in [0.15, 0.2) is 0 Å². The van der Waals surface area contributed by atoms with Crippen LogP contribution in [0.3, 0.4) is 0 Å². The molecule has 0 bridgehead atoms. The molecule has 1 N–H and O–H groups in total. The molecule has 0 heterocycles. The van der Waals surface area contributed by atoms with Crippen molar-refractivity contribution >= 4 is 50.7 Å². The average Bonchev–Trinajstić information content (AvgIpc) is 2.99. The van der Waals surface area contributed by atoms with Crippen LogP contribution in [0.2, 0.25) is 10.0 Å². The van der Waals surface area contributed by atoms with Crippen LogP contribution in [0.25, 0.3) is 0 Å². The Morgan fingerprint density at radius 3 is 2.20 bits per heavy atom. The third-order valence-electron chi connectivity index (χ3n) is 8.36. The zero-order valence-corrected chi connectivity index (χ0v) is 28.1. The van der Waals surface area contributed by atoms with E-state index >= 15 is 0 Å². The van der Waals surface area contributed by atoms with Crippen molar-refractivity contribution in [2.45, 2.75) is 89.7 Å². The Morgan fingerprint density at radius 1 is 0.909 bits per heavy atom. The Labute approximate surface area is 271 Å². The van der Waals surface area contributed by atoms with Gasteiger partial charge in [-0.25, -0.2) is 8.42 Å². The van der Waals surface area contributed by atoms with E-state index in [2.05, 4.69) is 5.32 Å². The van der Waals surface area contributed by atoms with Crippen LogP contribution in [-0.2, 0) is 26.2 Å². The highest BCUT2D eigenvalue weighted by Gasteiger charge is 2.35. The largest absolute Gasteiger partial charge is 0.352 e. The number of nitrogens with one attached hydrogen (secondary N) is 1. The first-order chi connectivity index (χ1) is 20.9. The number of carbonyl (C=O) groups excluding carboxylic acids is 2. The van der Waals surface area contributed by atoms with Crippen molar-refractivity contribution in [1.82, 2.24) is 10.2 Å². The quantitative estimate of drug-likeness (QED) is 0.233. The molecule has 10 heteroatoms. The summed E-state index contributed by atoms with van der Waals surface area (Å²) in [6, 6.07) is 16.1. The summed E-state index contributed by atoms with van der Waals surface area (Å²) in [5.41, 5.74) is 3.77. The highest BCUT2D eigenvalue weighted by molar-refractivity contribution is 7.92. The molecule has 0 spiro atoms. The molecule has 3 aromatic rings. The topological polar surface area (TPSA) is 86.8 Å². The first-order valence-corrected chi connectivity index (χ1v) is 17.3. The van der Waals surface area contributed by atoms with Gasteiger partial charge in [0, 0.05) is 22.6 Å². The molecular formula is C34H41Cl2N3O4S. The molecule has 1 saturated carbocycles. The van der Waals surface area contributed by atoms with Gasteiger partial charge in [-0.05, 0) is 93.1 Å². The average molecular weight is 659 g/mol. The van der Waals surface area contributed by atoms with Gasteiger partial charge in [0.2, 0.25) is 11.8 Å². The number of anilines is 1. The molecule has 0 aliphatic heterocycles. The fourth-order valence-corrected chi connectivity index (χ4v) is 7.42. The second-order valence-electron chi connectivity index (χ2n) is 11.6. The summed E-state index contributed by atoms with van der Waals surface area (Å²) in [6.45, 7) is 7.07. The Morgan fingerprint density at radius 2 is 1.59 bits per heavy atom. The van der Waals surface area contributed by atoms with Gasteiger partial charge < -0.3 is 10.2 Å². The Kier molecular flexibility index (Phi) is 11.4. The van der Waals surface area contributed by atoms with Crippen LogP contribution < -0.4 is 9.62 Å². The summed E-state index contributed by atoms with van der Waals surface area (Å²) in [5, 5.41) is 3.96. The van der Waals surface area contributed by atoms with Crippen LogP contribution in [0.4, 0.5) is 5.69 Å². The SMILES string of the molecule is CCC(C(=O)NC1CCCCC1)N(Cc1ccc(Cl)cc1Cl)C(=O)CN(c1ccc(C)c(C)c1)S(=O)(=O)c1ccc(C)cc1. The molecule has 1 unspecified atom stereocenters. The van der Waals surface area contributed by atoms with Crippen LogP contribution in [0.5, 0.6) is 0 Å². The maximum Gasteiger partial charge on any atom is 0.264 e. The number of hydrogen-bond donors (Lipinski definition) is 1. The van der Waals surface area contributed by atoms with Gasteiger partial charge in [-0.15, -0.1) is 0 Å². The van der Waals surface area contributed by atoms with Crippen molar-refractivity contribution in [3.8, 4) is 0 Å². The molecule has 2 amide bonds. The lowest BCUT2D eigenvalue weighted by Gasteiger charge is -2.34. The predicted octanol–water partition coefficient (Wildman–Crippen LogP) is 7.37. The summed E-state index contributed by atoms with van der Waals surface area (Å²) in [6.07, 6.45) is 5.37. The zero-order chi connectivity index (χ0) is 32.0. The van der Waals surface area contributed by atoms with Crippen molar-refractivity contribution in [2.75, 3.05) is 10.8 Å². The van der Waals surface area contributed by atoms with Crippen molar-refractivity contribution < 1.29 is 18.0 Å². The van der Waals surface area contributed by atoms with E-state index in [1.807, 2.05) is 33.8 Å². The van der Waals surface area contributed by atoms with Crippen LogP contribution in [0.1, 0.15) is 67.7 Å². The van der Waals surface area contributed by atoms with E-state index in [1.54, 1.807) is 54.6 Å². The van der Waals surface area contributed by atoms with E-state index in [0.717, 1.165) is 53.1 Å². The standard InChI is InChI=1S/C34H41Cl2N3O4S/c1-5-32(34(41)37-28-9-7-6-8-10-28)38(21-26-14-15-27(35)20-31(26)36)33(40)22-39(29-16-13-24(3)25(4)19-29)44(42,43)30-17-11-23(2)12-18-30/h11-20,28,32H,5-10,21-22H2,1-4H3,(H,37,41). The lowest BCUT2D eigenvalue weighted by molar-refractivity contribution is -0.140. The fourth-order valence-electron chi connectivity index (χ4n) is 5.54. The van der Waals surface area contributed by atoms with Crippen LogP contribution in [0, 0.1) is 20.8 Å². The fraction of sp³-hybridized carbons (Fsp3) is 0.412. The van der Waals surface area contributed by atoms with E-state index in [4.69, 9.17) is 23.2 Å². The molecule has 236 valence electrons. The number of nitrogens with zero attached hydrogens (tertiary/aromatic N) is 2. The predicted molar refractivity (Wildman–Crippen MR) is 178 cm³/mol. The first-order valence-electron chi connectivity index (χ1n) is 15.1. The molecule has 0 aromatic heterocycles. The molecule has 44 heavy (non-hydrogen) atoms. The Bertz CT molecular complexity index is 1590. The molecule has 0 radical (unpaired) electrons. The lowest BCUT2D eigenvalue weighted by atomic mass is 9.95. The molecule has 1 fully saturated rings. The molecule has 0 saturated heterocycles. The van der Waals surface area contributed by atoms with Crippen LogP contribution in [-0.4, -0.2) is 43.8 Å². The molecule has 3 aromatic carbocycles. The first kappa shape index (κ1) is 33.8. The summed E-state index contributed by atoms with van der Waals surface area (Å²) >= 11 is 12.7. The Hall–Kier alpha value is -3.07. The number of benzene rings is 3. The summed E-state index contributed by atoms with van der Waals surface area (Å²) in [4.78, 5) is 29.6. The van der Waals surface area contributed by atoms with Crippen molar-refractivity contribution in [1.29, 1.82) is 0 Å². The van der Waals surface area contributed by atoms with E-state index in [9.17, 15) is 18.0 Å². The van der Waals surface area contributed by atoms with Gasteiger partial charge in [-0.1, -0.05) is 79.2 Å². The third-order valence-corrected chi connectivity index (χ3v) is 10.7. The second-order valence-corrected chi connectivity index (χ2v) is 14.3. The van der Waals surface area contributed by atoms with E-state index < -0.39 is 28.5 Å². The van der Waals surface area contributed by atoms with Gasteiger partial charge in [0.1, 0.15) is 12.6 Å². The molecule has 7 nitrogen and oxygen atoms in total. The van der Waals surface area contributed by atoms with Crippen molar-refractivity contribution in [3.63, 3.8) is 0 Å². The number of amides is 2. The number of sulfonamides is 1. The van der Waals surface area contributed by atoms with E-state index in [0.29, 0.717) is 27.7 Å². The molecule has 4 rings (SSSR count). The minimum absolute atomic E-state index is 0.0107. The summed E-state index contributed by atoms with van der Waals surface area (Å²) in [5.74, 6) is -0.771. The number of aryl methyl sites for hydroxylation is 3. The highest BCUT2D eigenvalue weighted by Crippen LogP contribution is 2.28. The van der Waals surface area contributed by atoms with Crippen molar-refractivity contribution in [3.05, 3.63) is 93.0 Å². The highest BCUT2D eigenvalue weighted by atomic mass is 35.5. The number of hydrogen-bond acceptors (Lipinski definition) is 4. The monoisotopic (exact) mass is 657 g/mol. The van der Waals surface area contributed by atoms with Gasteiger partial charge >= 0.3 is 0 Å². The van der Waals surface area contributed by atoms with Crippen LogP contribution >= 0.6 is 23.2 Å². The molecule has 1 aliphatic rings. The number of carbonyl (C=O) groups is 2. The number of rotatable bonds is 11. The van der Waals surface area contributed by atoms with E-state index in [-0.39, 0.29) is 23.4 Å².